The molecular formula is C11H15BrO. The Morgan fingerprint density at radius 3 is 2.62 bits per heavy atom. The van der Waals surface area contributed by atoms with E-state index in [1.807, 2.05) is 12.1 Å². The van der Waals surface area contributed by atoms with E-state index < -0.39 is 0 Å². The van der Waals surface area contributed by atoms with Crippen molar-refractivity contribution in [2.24, 2.45) is 5.92 Å². The van der Waals surface area contributed by atoms with E-state index in [0.29, 0.717) is 5.92 Å². The molecule has 72 valence electrons. The molecule has 0 bridgehead atoms. The molecule has 0 spiro atoms. The van der Waals surface area contributed by atoms with Crippen LogP contribution < -0.4 is 4.74 Å². The number of benzene rings is 1. The average Bonchev–Trinajstić information content (AvgIpc) is 2.07. The molecule has 0 unspecified atom stereocenters. The summed E-state index contributed by atoms with van der Waals surface area (Å²) in [7, 11) is 0. The number of hydrogen-bond acceptors (Lipinski definition) is 1. The largest absolute Gasteiger partial charge is 0.493 e. The third-order valence-electron chi connectivity index (χ3n) is 1.73. The van der Waals surface area contributed by atoms with Crippen LogP contribution >= 0.6 is 15.9 Å². The zero-order chi connectivity index (χ0) is 9.84. The SMILES string of the molecule is Cc1ccc(OCC(C)C)cc1Br. The third kappa shape index (κ3) is 3.39. The first-order valence-corrected chi connectivity index (χ1v) is 5.28. The predicted molar refractivity (Wildman–Crippen MR) is 59.2 cm³/mol. The number of hydrogen-bond donors (Lipinski definition) is 0. The lowest BCUT2D eigenvalue weighted by Crippen LogP contribution is -2.04. The van der Waals surface area contributed by atoms with Gasteiger partial charge in [-0.15, -0.1) is 0 Å². The Morgan fingerprint density at radius 2 is 2.08 bits per heavy atom. The molecular weight excluding hydrogens is 228 g/mol. The van der Waals surface area contributed by atoms with Crippen LogP contribution in [-0.4, -0.2) is 6.61 Å². The molecule has 0 amide bonds. The van der Waals surface area contributed by atoms with E-state index in [-0.39, 0.29) is 0 Å². The molecule has 0 N–H and O–H groups in total. The van der Waals surface area contributed by atoms with Gasteiger partial charge in [-0.2, -0.15) is 0 Å². The van der Waals surface area contributed by atoms with Crippen LogP contribution in [-0.2, 0) is 0 Å². The van der Waals surface area contributed by atoms with E-state index in [2.05, 4.69) is 42.8 Å². The molecule has 0 heterocycles. The van der Waals surface area contributed by atoms with Crippen molar-refractivity contribution in [1.82, 2.24) is 0 Å². The van der Waals surface area contributed by atoms with Gasteiger partial charge in [0.1, 0.15) is 5.75 Å². The molecule has 0 saturated heterocycles. The third-order valence-corrected chi connectivity index (χ3v) is 2.58. The monoisotopic (exact) mass is 242 g/mol. The smallest absolute Gasteiger partial charge is 0.120 e. The quantitative estimate of drug-likeness (QED) is 0.784. The number of halogens is 1. The molecule has 0 fully saturated rings. The number of rotatable bonds is 3. The lowest BCUT2D eigenvalue weighted by atomic mass is 10.2. The fourth-order valence-electron chi connectivity index (χ4n) is 0.926. The van der Waals surface area contributed by atoms with E-state index in [1.54, 1.807) is 0 Å². The minimum Gasteiger partial charge on any atom is -0.493 e. The molecule has 0 aromatic heterocycles. The highest BCUT2D eigenvalue weighted by molar-refractivity contribution is 9.10. The molecule has 0 aliphatic rings. The van der Waals surface area contributed by atoms with Crippen LogP contribution in [0.4, 0.5) is 0 Å². The molecule has 1 rings (SSSR count). The van der Waals surface area contributed by atoms with Crippen molar-refractivity contribution in [3.05, 3.63) is 28.2 Å². The first-order chi connectivity index (χ1) is 6.09. The summed E-state index contributed by atoms with van der Waals surface area (Å²) in [4.78, 5) is 0. The lowest BCUT2D eigenvalue weighted by molar-refractivity contribution is 0.271. The maximum absolute atomic E-state index is 5.57. The Hall–Kier alpha value is -0.500. The maximum atomic E-state index is 5.57. The summed E-state index contributed by atoms with van der Waals surface area (Å²) in [6.45, 7) is 7.12. The summed E-state index contributed by atoms with van der Waals surface area (Å²) in [6, 6.07) is 6.07. The van der Waals surface area contributed by atoms with Gasteiger partial charge in [-0.25, -0.2) is 0 Å². The standard InChI is InChI=1S/C11H15BrO/c1-8(2)7-13-10-5-4-9(3)11(12)6-10/h4-6,8H,7H2,1-3H3. The van der Waals surface area contributed by atoms with E-state index in [9.17, 15) is 0 Å². The highest BCUT2D eigenvalue weighted by Gasteiger charge is 1.99. The van der Waals surface area contributed by atoms with Crippen molar-refractivity contribution >= 4 is 15.9 Å². The topological polar surface area (TPSA) is 9.23 Å². The van der Waals surface area contributed by atoms with Crippen molar-refractivity contribution in [2.75, 3.05) is 6.61 Å². The van der Waals surface area contributed by atoms with Crippen LogP contribution in [0.25, 0.3) is 0 Å². The van der Waals surface area contributed by atoms with Gasteiger partial charge in [0.05, 0.1) is 6.61 Å². The maximum Gasteiger partial charge on any atom is 0.120 e. The molecule has 2 heteroatoms. The lowest BCUT2D eigenvalue weighted by Gasteiger charge is -2.09. The number of ether oxygens (including phenoxy) is 1. The van der Waals surface area contributed by atoms with Crippen LogP contribution in [0.5, 0.6) is 5.75 Å². The predicted octanol–water partition coefficient (Wildman–Crippen LogP) is 3.79. The molecule has 0 atom stereocenters. The second-order valence-corrected chi connectivity index (χ2v) is 4.47. The molecule has 0 saturated carbocycles. The molecule has 1 aromatic carbocycles. The summed E-state index contributed by atoms with van der Waals surface area (Å²) in [6.07, 6.45) is 0. The highest BCUT2D eigenvalue weighted by Crippen LogP contribution is 2.22. The molecule has 0 aliphatic heterocycles. The second-order valence-electron chi connectivity index (χ2n) is 3.62. The summed E-state index contributed by atoms with van der Waals surface area (Å²) in [5.41, 5.74) is 1.23. The Morgan fingerprint density at radius 1 is 1.38 bits per heavy atom. The second kappa shape index (κ2) is 4.66. The highest BCUT2D eigenvalue weighted by atomic mass is 79.9. The van der Waals surface area contributed by atoms with Crippen LogP contribution in [0.3, 0.4) is 0 Å². The average molecular weight is 243 g/mol. The van der Waals surface area contributed by atoms with Gasteiger partial charge in [0.15, 0.2) is 0 Å². The van der Waals surface area contributed by atoms with Crippen LogP contribution in [0.1, 0.15) is 19.4 Å². The Balaban J connectivity index is 2.63. The summed E-state index contributed by atoms with van der Waals surface area (Å²) in [5, 5.41) is 0. The van der Waals surface area contributed by atoms with Gasteiger partial charge < -0.3 is 4.74 Å². The van der Waals surface area contributed by atoms with Gasteiger partial charge in [0.25, 0.3) is 0 Å². The van der Waals surface area contributed by atoms with Crippen molar-refractivity contribution < 1.29 is 4.74 Å². The van der Waals surface area contributed by atoms with Crippen molar-refractivity contribution in [1.29, 1.82) is 0 Å². The zero-order valence-corrected chi connectivity index (χ0v) is 9.89. The Labute approximate surface area is 88.2 Å². The molecule has 0 aliphatic carbocycles. The minimum atomic E-state index is 0.570. The Kier molecular flexibility index (Phi) is 3.79. The summed E-state index contributed by atoms with van der Waals surface area (Å²) >= 11 is 3.47. The van der Waals surface area contributed by atoms with Gasteiger partial charge in [-0.1, -0.05) is 35.8 Å². The summed E-state index contributed by atoms with van der Waals surface area (Å²) < 4.78 is 6.68. The van der Waals surface area contributed by atoms with Gasteiger partial charge in [0, 0.05) is 4.47 Å². The molecule has 1 nitrogen and oxygen atoms in total. The molecule has 0 radical (unpaired) electrons. The van der Waals surface area contributed by atoms with Crippen LogP contribution in [0.2, 0.25) is 0 Å². The minimum absolute atomic E-state index is 0.570. The number of aryl methyl sites for hydroxylation is 1. The normalized spacial score (nSPS) is 10.5. The summed E-state index contributed by atoms with van der Waals surface area (Å²) in [5.74, 6) is 1.51. The van der Waals surface area contributed by atoms with Crippen molar-refractivity contribution in [3.8, 4) is 5.75 Å². The van der Waals surface area contributed by atoms with E-state index in [1.165, 1.54) is 5.56 Å². The first kappa shape index (κ1) is 10.6. The van der Waals surface area contributed by atoms with Gasteiger partial charge in [-0.05, 0) is 30.5 Å². The van der Waals surface area contributed by atoms with Crippen LogP contribution in [0.15, 0.2) is 22.7 Å². The molecule has 13 heavy (non-hydrogen) atoms. The van der Waals surface area contributed by atoms with Crippen molar-refractivity contribution in [3.63, 3.8) is 0 Å². The van der Waals surface area contributed by atoms with Gasteiger partial charge in [-0.3, -0.25) is 0 Å². The van der Waals surface area contributed by atoms with E-state index >= 15 is 0 Å². The first-order valence-electron chi connectivity index (χ1n) is 4.48. The van der Waals surface area contributed by atoms with Gasteiger partial charge >= 0.3 is 0 Å². The zero-order valence-electron chi connectivity index (χ0n) is 8.30. The van der Waals surface area contributed by atoms with Crippen LogP contribution in [0, 0.1) is 12.8 Å². The van der Waals surface area contributed by atoms with E-state index in [4.69, 9.17) is 4.74 Å². The van der Waals surface area contributed by atoms with Crippen molar-refractivity contribution in [2.45, 2.75) is 20.8 Å². The van der Waals surface area contributed by atoms with E-state index in [0.717, 1.165) is 16.8 Å². The molecule has 1 aromatic rings. The Bertz CT molecular complexity index is 281. The fraction of sp³-hybridized carbons (Fsp3) is 0.455. The van der Waals surface area contributed by atoms with Gasteiger partial charge in [0.2, 0.25) is 0 Å². The fourth-order valence-corrected chi connectivity index (χ4v) is 1.28.